The van der Waals surface area contributed by atoms with E-state index in [9.17, 15) is 0 Å². The third kappa shape index (κ3) is 4.63. The maximum Gasteiger partial charge on any atom is 0.00762 e. The molecule has 106 valence electrons. The van der Waals surface area contributed by atoms with Gasteiger partial charge in [-0.05, 0) is 64.2 Å². The van der Waals surface area contributed by atoms with E-state index in [1.165, 1.54) is 50.9 Å². The molecule has 1 saturated heterocycles. The highest BCUT2D eigenvalue weighted by molar-refractivity contribution is 5.14. The summed E-state index contributed by atoms with van der Waals surface area (Å²) in [5, 5.41) is 3.41. The minimum atomic E-state index is 0.650. The molecule has 0 saturated carbocycles. The van der Waals surface area contributed by atoms with Crippen molar-refractivity contribution in [1.29, 1.82) is 0 Å². The van der Waals surface area contributed by atoms with Crippen molar-refractivity contribution in [2.24, 2.45) is 5.92 Å². The summed E-state index contributed by atoms with van der Waals surface area (Å²) in [6.07, 6.45) is 5.24. The van der Waals surface area contributed by atoms with Crippen LogP contribution >= 0.6 is 0 Å². The van der Waals surface area contributed by atoms with Crippen molar-refractivity contribution < 1.29 is 0 Å². The monoisotopic (exact) mass is 260 g/mol. The second kappa shape index (κ2) is 7.66. The van der Waals surface area contributed by atoms with E-state index in [4.69, 9.17) is 0 Å². The molecule has 1 aromatic rings. The van der Waals surface area contributed by atoms with Crippen LogP contribution in [0.3, 0.4) is 0 Å². The lowest BCUT2D eigenvalue weighted by molar-refractivity contribution is 0.152. The number of hydrogen-bond acceptors (Lipinski definition) is 2. The molecule has 0 amide bonds. The molecule has 1 fully saturated rings. The smallest absolute Gasteiger partial charge is 0.00762 e. The predicted molar refractivity (Wildman–Crippen MR) is 82.4 cm³/mol. The fourth-order valence-electron chi connectivity index (χ4n) is 3.09. The van der Waals surface area contributed by atoms with Gasteiger partial charge in [-0.15, -0.1) is 0 Å². The topological polar surface area (TPSA) is 15.3 Å². The highest BCUT2D eigenvalue weighted by atomic mass is 15.1. The Morgan fingerprint density at radius 2 is 2.11 bits per heavy atom. The second-order valence-corrected chi connectivity index (χ2v) is 5.87. The van der Waals surface area contributed by atoms with Crippen LogP contribution < -0.4 is 5.32 Å². The Kier molecular flexibility index (Phi) is 5.87. The molecule has 2 atom stereocenters. The van der Waals surface area contributed by atoms with Crippen molar-refractivity contribution in [3.8, 4) is 0 Å². The van der Waals surface area contributed by atoms with Crippen LogP contribution in [0.25, 0.3) is 0 Å². The van der Waals surface area contributed by atoms with Gasteiger partial charge in [0, 0.05) is 12.6 Å². The molecule has 0 bridgehead atoms. The summed E-state index contributed by atoms with van der Waals surface area (Å²) in [6.45, 7) is 6.14. The minimum absolute atomic E-state index is 0.650. The number of benzene rings is 1. The van der Waals surface area contributed by atoms with E-state index in [2.05, 4.69) is 54.5 Å². The minimum Gasteiger partial charge on any atom is -0.317 e. The van der Waals surface area contributed by atoms with E-state index in [1.807, 2.05) is 0 Å². The molecule has 1 aliphatic heterocycles. The van der Waals surface area contributed by atoms with Gasteiger partial charge in [-0.3, -0.25) is 0 Å². The first-order valence-corrected chi connectivity index (χ1v) is 7.73. The fraction of sp³-hybridized carbons (Fsp3) is 0.647. The largest absolute Gasteiger partial charge is 0.317 e. The summed E-state index contributed by atoms with van der Waals surface area (Å²) in [6, 6.07) is 11.5. The highest BCUT2D eigenvalue weighted by Gasteiger charge is 2.23. The van der Waals surface area contributed by atoms with E-state index in [0.29, 0.717) is 6.04 Å². The van der Waals surface area contributed by atoms with Crippen LogP contribution in [0, 0.1) is 5.92 Å². The van der Waals surface area contributed by atoms with E-state index >= 15 is 0 Å². The molecule has 2 heteroatoms. The number of nitrogens with zero attached hydrogens (tertiary/aromatic N) is 1. The SMILES string of the molecule is CNC(C)C1CCCN(CCCc2ccccc2)C1. The molecule has 1 aromatic carbocycles. The van der Waals surface area contributed by atoms with Crippen LogP contribution in [-0.4, -0.2) is 37.6 Å². The average molecular weight is 260 g/mol. The lowest BCUT2D eigenvalue weighted by Gasteiger charge is -2.35. The normalized spacial score (nSPS) is 22.3. The van der Waals surface area contributed by atoms with Crippen LogP contribution in [0.2, 0.25) is 0 Å². The Morgan fingerprint density at radius 3 is 2.84 bits per heavy atom. The molecule has 0 aliphatic carbocycles. The lowest BCUT2D eigenvalue weighted by Crippen LogP contribution is -2.43. The zero-order valence-corrected chi connectivity index (χ0v) is 12.4. The standard InChI is InChI=1S/C17H28N2/c1-15(18-2)17-11-7-13-19(14-17)12-6-10-16-8-4-3-5-9-16/h3-5,8-9,15,17-18H,6-7,10-14H2,1-2H3. The summed E-state index contributed by atoms with van der Waals surface area (Å²) in [5.41, 5.74) is 1.47. The van der Waals surface area contributed by atoms with Crippen molar-refractivity contribution in [3.05, 3.63) is 35.9 Å². The third-order valence-corrected chi connectivity index (χ3v) is 4.49. The maximum absolute atomic E-state index is 3.41. The van der Waals surface area contributed by atoms with Gasteiger partial charge in [0.25, 0.3) is 0 Å². The van der Waals surface area contributed by atoms with Gasteiger partial charge in [0.05, 0.1) is 0 Å². The zero-order chi connectivity index (χ0) is 13.5. The van der Waals surface area contributed by atoms with Crippen LogP contribution in [-0.2, 0) is 6.42 Å². The van der Waals surface area contributed by atoms with Crippen molar-refractivity contribution in [1.82, 2.24) is 10.2 Å². The third-order valence-electron chi connectivity index (χ3n) is 4.49. The van der Waals surface area contributed by atoms with Gasteiger partial charge in [0.15, 0.2) is 0 Å². The van der Waals surface area contributed by atoms with Gasteiger partial charge in [0.2, 0.25) is 0 Å². The van der Waals surface area contributed by atoms with E-state index < -0.39 is 0 Å². The van der Waals surface area contributed by atoms with E-state index in [-0.39, 0.29) is 0 Å². The Morgan fingerprint density at radius 1 is 1.32 bits per heavy atom. The Bertz CT molecular complexity index is 350. The molecule has 19 heavy (non-hydrogen) atoms. The average Bonchev–Trinajstić information content (AvgIpc) is 2.48. The fourth-order valence-corrected chi connectivity index (χ4v) is 3.09. The van der Waals surface area contributed by atoms with Gasteiger partial charge in [-0.1, -0.05) is 30.3 Å². The molecular weight excluding hydrogens is 232 g/mol. The highest BCUT2D eigenvalue weighted by Crippen LogP contribution is 2.20. The van der Waals surface area contributed by atoms with Gasteiger partial charge in [0.1, 0.15) is 0 Å². The summed E-state index contributed by atoms with van der Waals surface area (Å²) < 4.78 is 0. The van der Waals surface area contributed by atoms with Crippen molar-refractivity contribution >= 4 is 0 Å². The Balaban J connectivity index is 1.71. The molecule has 0 aromatic heterocycles. The van der Waals surface area contributed by atoms with Crippen LogP contribution in [0.5, 0.6) is 0 Å². The number of nitrogens with one attached hydrogen (secondary N) is 1. The molecule has 1 aliphatic rings. The van der Waals surface area contributed by atoms with Crippen molar-refractivity contribution in [2.75, 3.05) is 26.7 Å². The summed E-state index contributed by atoms with van der Waals surface area (Å²) in [5.74, 6) is 0.829. The first-order valence-electron chi connectivity index (χ1n) is 7.73. The van der Waals surface area contributed by atoms with Gasteiger partial charge < -0.3 is 10.2 Å². The molecule has 0 spiro atoms. The molecule has 0 radical (unpaired) electrons. The van der Waals surface area contributed by atoms with Crippen LogP contribution in [0.4, 0.5) is 0 Å². The molecular formula is C17H28N2. The molecule has 1 heterocycles. The Labute approximate surface area is 118 Å². The van der Waals surface area contributed by atoms with E-state index in [0.717, 1.165) is 5.92 Å². The van der Waals surface area contributed by atoms with E-state index in [1.54, 1.807) is 0 Å². The van der Waals surface area contributed by atoms with Crippen LogP contribution in [0.15, 0.2) is 30.3 Å². The van der Waals surface area contributed by atoms with Gasteiger partial charge in [-0.25, -0.2) is 0 Å². The quantitative estimate of drug-likeness (QED) is 0.846. The first kappa shape index (κ1) is 14.5. The number of piperidine rings is 1. The molecule has 1 N–H and O–H groups in total. The van der Waals surface area contributed by atoms with Gasteiger partial charge in [-0.2, -0.15) is 0 Å². The lowest BCUT2D eigenvalue weighted by atomic mass is 9.91. The second-order valence-electron chi connectivity index (χ2n) is 5.87. The summed E-state index contributed by atoms with van der Waals surface area (Å²) in [4.78, 5) is 2.66. The maximum atomic E-state index is 3.41. The zero-order valence-electron chi connectivity index (χ0n) is 12.4. The first-order chi connectivity index (χ1) is 9.29. The van der Waals surface area contributed by atoms with Crippen molar-refractivity contribution in [2.45, 2.75) is 38.6 Å². The van der Waals surface area contributed by atoms with Crippen molar-refractivity contribution in [3.63, 3.8) is 0 Å². The van der Waals surface area contributed by atoms with Crippen LogP contribution in [0.1, 0.15) is 31.7 Å². The molecule has 2 rings (SSSR count). The molecule has 2 unspecified atom stereocenters. The summed E-state index contributed by atoms with van der Waals surface area (Å²) in [7, 11) is 2.08. The number of rotatable bonds is 6. The van der Waals surface area contributed by atoms with Gasteiger partial charge >= 0.3 is 0 Å². The molecule has 2 nitrogen and oxygen atoms in total. The number of aryl methyl sites for hydroxylation is 1. The number of hydrogen-bond donors (Lipinski definition) is 1. The summed E-state index contributed by atoms with van der Waals surface area (Å²) >= 11 is 0. The predicted octanol–water partition coefficient (Wildman–Crippen LogP) is 2.94. The Hall–Kier alpha value is -0.860. The number of likely N-dealkylation sites (tertiary alicyclic amines) is 1.